The molecule has 2 aromatic heterocycles. The largest absolute Gasteiger partial charge is 0.435 e. The Balaban J connectivity index is 1.57. The molecule has 0 N–H and O–H groups in total. The van der Waals surface area contributed by atoms with Gasteiger partial charge < -0.3 is 4.90 Å². The molecule has 2 atom stereocenters. The first-order chi connectivity index (χ1) is 16.2. The van der Waals surface area contributed by atoms with Crippen molar-refractivity contribution in [2.75, 3.05) is 6.54 Å². The molecular weight excluding hydrogens is 443 g/mol. The third kappa shape index (κ3) is 5.24. The van der Waals surface area contributed by atoms with Crippen molar-refractivity contribution in [2.24, 2.45) is 5.92 Å². The minimum atomic E-state index is -4.51. The van der Waals surface area contributed by atoms with Crippen LogP contribution in [0.3, 0.4) is 0 Å². The lowest BCUT2D eigenvalue weighted by Crippen LogP contribution is -2.48. The van der Waals surface area contributed by atoms with Crippen molar-refractivity contribution in [1.29, 1.82) is 0 Å². The maximum absolute atomic E-state index is 13.8. The Morgan fingerprint density at radius 3 is 2.56 bits per heavy atom. The fraction of sp³-hybridized carbons (Fsp3) is 0.400. The predicted molar refractivity (Wildman–Crippen MR) is 121 cm³/mol. The van der Waals surface area contributed by atoms with Gasteiger partial charge in [0.05, 0.1) is 11.3 Å². The maximum Gasteiger partial charge on any atom is 0.435 e. The van der Waals surface area contributed by atoms with E-state index in [1.807, 2.05) is 30.0 Å². The van der Waals surface area contributed by atoms with Gasteiger partial charge in [0, 0.05) is 30.5 Å². The standard InChI is InChI=1S/C25H26F3N5O/c1-16-6-9-19(23-29-12-4-13-30-23)20(15-16)24(34)33-14-3-5-17(2)21(33)10-7-18-8-11-22(32-31-18)25(26,27)28/h4,6,8-9,11-13,15,17,21H,3,5,7,10,14H2,1-2H3/t17-,21-/m1/s1. The van der Waals surface area contributed by atoms with Gasteiger partial charge in [-0.3, -0.25) is 4.79 Å². The Labute approximate surface area is 196 Å². The minimum absolute atomic E-state index is 0.0598. The molecule has 0 saturated carbocycles. The highest BCUT2D eigenvalue weighted by Crippen LogP contribution is 2.31. The van der Waals surface area contributed by atoms with E-state index in [4.69, 9.17) is 0 Å². The van der Waals surface area contributed by atoms with Crippen molar-refractivity contribution in [3.05, 3.63) is 71.3 Å². The first kappa shape index (κ1) is 23.8. The van der Waals surface area contributed by atoms with Gasteiger partial charge in [0.15, 0.2) is 11.5 Å². The minimum Gasteiger partial charge on any atom is -0.335 e. The Morgan fingerprint density at radius 2 is 1.88 bits per heavy atom. The lowest BCUT2D eigenvalue weighted by molar-refractivity contribution is -0.141. The Kier molecular flexibility index (Phi) is 6.90. The molecule has 1 saturated heterocycles. The average Bonchev–Trinajstić information content (AvgIpc) is 2.83. The second-order valence-corrected chi connectivity index (χ2v) is 8.75. The number of piperidine rings is 1. The van der Waals surface area contributed by atoms with Crippen molar-refractivity contribution in [1.82, 2.24) is 25.1 Å². The molecular formula is C25H26F3N5O. The number of amides is 1. The summed E-state index contributed by atoms with van der Waals surface area (Å²) in [5.74, 6) is 0.662. The number of rotatable bonds is 5. The lowest BCUT2D eigenvalue weighted by atomic mass is 9.86. The average molecular weight is 470 g/mol. The van der Waals surface area contributed by atoms with Crippen molar-refractivity contribution in [3.8, 4) is 11.4 Å². The van der Waals surface area contributed by atoms with Crippen LogP contribution in [0.1, 0.15) is 53.5 Å². The van der Waals surface area contributed by atoms with Gasteiger partial charge in [0.25, 0.3) is 5.91 Å². The van der Waals surface area contributed by atoms with Crippen LogP contribution >= 0.6 is 0 Å². The van der Waals surface area contributed by atoms with Crippen LogP contribution in [0.4, 0.5) is 13.2 Å². The fourth-order valence-electron chi connectivity index (χ4n) is 4.50. The zero-order valence-corrected chi connectivity index (χ0v) is 19.1. The van der Waals surface area contributed by atoms with E-state index in [2.05, 4.69) is 27.1 Å². The summed E-state index contributed by atoms with van der Waals surface area (Å²) in [6.07, 6.45) is 1.69. The van der Waals surface area contributed by atoms with Crippen LogP contribution in [-0.4, -0.2) is 43.6 Å². The van der Waals surface area contributed by atoms with Crippen molar-refractivity contribution in [2.45, 2.75) is 51.7 Å². The van der Waals surface area contributed by atoms with Crippen LogP contribution in [0.15, 0.2) is 48.8 Å². The normalized spacial score (nSPS) is 18.7. The maximum atomic E-state index is 13.8. The SMILES string of the molecule is Cc1ccc(-c2ncccn2)c(C(=O)N2CCC[C@@H](C)[C@H]2CCc2ccc(C(F)(F)F)nn2)c1. The number of carbonyl (C=O) groups excluding carboxylic acids is 1. The number of aromatic nitrogens is 4. The van der Waals surface area contributed by atoms with E-state index in [-0.39, 0.29) is 17.9 Å². The number of carbonyl (C=O) groups is 1. The van der Waals surface area contributed by atoms with Gasteiger partial charge in [-0.1, -0.05) is 24.6 Å². The molecule has 1 aliphatic heterocycles. The van der Waals surface area contributed by atoms with Gasteiger partial charge >= 0.3 is 6.18 Å². The van der Waals surface area contributed by atoms with Gasteiger partial charge in [-0.2, -0.15) is 18.3 Å². The Bertz CT molecular complexity index is 1140. The monoisotopic (exact) mass is 469 g/mol. The summed E-state index contributed by atoms with van der Waals surface area (Å²) in [6.45, 7) is 4.67. The zero-order valence-electron chi connectivity index (χ0n) is 19.1. The second-order valence-electron chi connectivity index (χ2n) is 8.75. The summed E-state index contributed by atoms with van der Waals surface area (Å²) in [5, 5.41) is 7.08. The molecule has 6 nitrogen and oxygen atoms in total. The molecule has 178 valence electrons. The van der Waals surface area contributed by atoms with Crippen LogP contribution in [0, 0.1) is 12.8 Å². The number of halogens is 3. The first-order valence-electron chi connectivity index (χ1n) is 11.3. The smallest absolute Gasteiger partial charge is 0.335 e. The zero-order chi connectivity index (χ0) is 24.3. The summed E-state index contributed by atoms with van der Waals surface area (Å²) in [6, 6.07) is 9.66. The molecule has 0 unspecified atom stereocenters. The van der Waals surface area contributed by atoms with Crippen LogP contribution in [0.2, 0.25) is 0 Å². The molecule has 0 bridgehead atoms. The highest BCUT2D eigenvalue weighted by Gasteiger charge is 2.34. The number of likely N-dealkylation sites (tertiary alicyclic amines) is 1. The molecule has 1 fully saturated rings. The van der Waals surface area contributed by atoms with Crippen LogP contribution in [0.25, 0.3) is 11.4 Å². The van der Waals surface area contributed by atoms with E-state index in [0.717, 1.165) is 24.5 Å². The van der Waals surface area contributed by atoms with E-state index in [1.54, 1.807) is 18.5 Å². The number of alkyl halides is 3. The molecule has 0 spiro atoms. The molecule has 34 heavy (non-hydrogen) atoms. The van der Waals surface area contributed by atoms with E-state index in [1.165, 1.54) is 6.07 Å². The van der Waals surface area contributed by atoms with Gasteiger partial charge in [-0.15, -0.1) is 5.10 Å². The highest BCUT2D eigenvalue weighted by atomic mass is 19.4. The second kappa shape index (κ2) is 9.87. The fourth-order valence-corrected chi connectivity index (χ4v) is 4.50. The van der Waals surface area contributed by atoms with Crippen LogP contribution in [-0.2, 0) is 12.6 Å². The van der Waals surface area contributed by atoms with Gasteiger partial charge in [-0.05, 0) is 62.8 Å². The number of aryl methyl sites for hydroxylation is 2. The van der Waals surface area contributed by atoms with Crippen molar-refractivity contribution in [3.63, 3.8) is 0 Å². The lowest BCUT2D eigenvalue weighted by Gasteiger charge is -2.40. The molecule has 0 radical (unpaired) electrons. The van der Waals surface area contributed by atoms with E-state index in [0.29, 0.717) is 42.0 Å². The molecule has 1 amide bonds. The number of hydrogen-bond acceptors (Lipinski definition) is 5. The van der Waals surface area contributed by atoms with Crippen molar-refractivity contribution < 1.29 is 18.0 Å². The van der Waals surface area contributed by atoms with Crippen LogP contribution in [0.5, 0.6) is 0 Å². The van der Waals surface area contributed by atoms with E-state index < -0.39 is 11.9 Å². The third-order valence-corrected chi connectivity index (χ3v) is 6.30. The van der Waals surface area contributed by atoms with Gasteiger partial charge in [0.1, 0.15) is 0 Å². The summed E-state index contributed by atoms with van der Waals surface area (Å²) in [4.78, 5) is 24.3. The summed E-state index contributed by atoms with van der Waals surface area (Å²) >= 11 is 0. The van der Waals surface area contributed by atoms with Crippen molar-refractivity contribution >= 4 is 5.91 Å². The topological polar surface area (TPSA) is 71.9 Å². The summed E-state index contributed by atoms with van der Waals surface area (Å²) in [5.41, 5.74) is 1.67. The summed E-state index contributed by atoms with van der Waals surface area (Å²) < 4.78 is 38.3. The Morgan fingerprint density at radius 1 is 1.12 bits per heavy atom. The van der Waals surface area contributed by atoms with Crippen LogP contribution < -0.4 is 0 Å². The molecule has 1 aliphatic rings. The summed E-state index contributed by atoms with van der Waals surface area (Å²) in [7, 11) is 0. The van der Waals surface area contributed by atoms with E-state index in [9.17, 15) is 18.0 Å². The molecule has 0 aliphatic carbocycles. The molecule has 3 aromatic rings. The molecule has 9 heteroatoms. The van der Waals surface area contributed by atoms with Gasteiger partial charge in [0.2, 0.25) is 0 Å². The van der Waals surface area contributed by atoms with Gasteiger partial charge in [-0.25, -0.2) is 9.97 Å². The third-order valence-electron chi connectivity index (χ3n) is 6.30. The Hall–Kier alpha value is -3.36. The predicted octanol–water partition coefficient (Wildman–Crippen LogP) is 5.13. The van der Waals surface area contributed by atoms with E-state index >= 15 is 0 Å². The number of hydrogen-bond donors (Lipinski definition) is 0. The molecule has 1 aromatic carbocycles. The molecule has 3 heterocycles. The number of benzene rings is 1. The molecule has 4 rings (SSSR count). The highest BCUT2D eigenvalue weighted by molar-refractivity contribution is 6.00. The number of nitrogens with zero attached hydrogens (tertiary/aromatic N) is 5. The quantitative estimate of drug-likeness (QED) is 0.518. The first-order valence-corrected chi connectivity index (χ1v) is 11.3.